The number of halogens is 1. The molecule has 0 atom stereocenters. The summed E-state index contributed by atoms with van der Waals surface area (Å²) in [6, 6.07) is 17.7. The molecule has 0 spiro atoms. The molecule has 0 saturated heterocycles. The highest BCUT2D eigenvalue weighted by atomic mass is 35.5. The highest BCUT2D eigenvalue weighted by Crippen LogP contribution is 2.28. The molecule has 0 fully saturated rings. The first-order valence-electron chi connectivity index (χ1n) is 7.67. The van der Waals surface area contributed by atoms with E-state index in [2.05, 4.69) is 17.1 Å². The molecule has 2 aromatic carbocycles. The Morgan fingerprint density at radius 1 is 1.12 bits per heavy atom. The zero-order chi connectivity index (χ0) is 16.9. The predicted molar refractivity (Wildman–Crippen MR) is 101 cm³/mol. The Kier molecular flexibility index (Phi) is 5.28. The van der Waals surface area contributed by atoms with E-state index in [9.17, 15) is 4.79 Å². The second kappa shape index (κ2) is 7.60. The maximum Gasteiger partial charge on any atom is 0.225 e. The standard InChI is InChI=1S/C19H17ClN2OS/c1-14(23)22(12-11-15-5-3-2-4-6-15)19-21-18(13-24-19)16-7-9-17(20)10-8-16/h2-10,13H,11-12H2,1H3. The van der Waals surface area contributed by atoms with Crippen molar-refractivity contribution in [3.05, 3.63) is 70.6 Å². The third-order valence-electron chi connectivity index (χ3n) is 3.71. The Morgan fingerprint density at radius 2 is 1.83 bits per heavy atom. The molecule has 0 bridgehead atoms. The normalized spacial score (nSPS) is 10.6. The molecule has 3 aromatic rings. The summed E-state index contributed by atoms with van der Waals surface area (Å²) in [5.41, 5.74) is 3.06. The Bertz CT molecular complexity index is 815. The molecule has 0 aliphatic heterocycles. The van der Waals surface area contributed by atoms with E-state index in [1.54, 1.807) is 11.8 Å². The molecule has 122 valence electrons. The van der Waals surface area contributed by atoms with Crippen molar-refractivity contribution in [1.82, 2.24) is 4.98 Å². The van der Waals surface area contributed by atoms with Gasteiger partial charge in [-0.3, -0.25) is 9.69 Å². The van der Waals surface area contributed by atoms with Gasteiger partial charge in [-0.15, -0.1) is 11.3 Å². The molecule has 1 heterocycles. The number of carbonyl (C=O) groups is 1. The van der Waals surface area contributed by atoms with E-state index < -0.39 is 0 Å². The van der Waals surface area contributed by atoms with Crippen molar-refractivity contribution < 1.29 is 4.79 Å². The van der Waals surface area contributed by atoms with Gasteiger partial charge in [-0.2, -0.15) is 0 Å². The monoisotopic (exact) mass is 356 g/mol. The van der Waals surface area contributed by atoms with Gasteiger partial charge in [0, 0.05) is 29.4 Å². The summed E-state index contributed by atoms with van der Waals surface area (Å²) in [4.78, 5) is 18.4. The second-order valence-electron chi connectivity index (χ2n) is 5.43. The number of aromatic nitrogens is 1. The Hall–Kier alpha value is -2.17. The smallest absolute Gasteiger partial charge is 0.225 e. The van der Waals surface area contributed by atoms with Crippen molar-refractivity contribution in [2.75, 3.05) is 11.4 Å². The van der Waals surface area contributed by atoms with Crippen LogP contribution in [0.3, 0.4) is 0 Å². The Morgan fingerprint density at radius 3 is 2.50 bits per heavy atom. The van der Waals surface area contributed by atoms with E-state index in [4.69, 9.17) is 11.6 Å². The van der Waals surface area contributed by atoms with Crippen molar-refractivity contribution in [2.24, 2.45) is 0 Å². The van der Waals surface area contributed by atoms with E-state index in [0.29, 0.717) is 11.6 Å². The summed E-state index contributed by atoms with van der Waals surface area (Å²) in [6.45, 7) is 2.20. The quantitative estimate of drug-likeness (QED) is 0.640. The molecule has 1 aromatic heterocycles. The van der Waals surface area contributed by atoms with Crippen LogP contribution in [0, 0.1) is 0 Å². The highest BCUT2D eigenvalue weighted by Gasteiger charge is 2.16. The fourth-order valence-corrected chi connectivity index (χ4v) is 3.44. The number of amides is 1. The SMILES string of the molecule is CC(=O)N(CCc1ccccc1)c1nc(-c2ccc(Cl)cc2)cs1. The lowest BCUT2D eigenvalue weighted by Gasteiger charge is -2.17. The van der Waals surface area contributed by atoms with Crippen LogP contribution in [0.5, 0.6) is 0 Å². The molecular formula is C19H17ClN2OS. The van der Waals surface area contributed by atoms with Crippen molar-refractivity contribution in [3.8, 4) is 11.3 Å². The van der Waals surface area contributed by atoms with Crippen LogP contribution in [0.15, 0.2) is 60.0 Å². The van der Waals surface area contributed by atoms with Crippen LogP contribution in [0.4, 0.5) is 5.13 Å². The number of hydrogen-bond donors (Lipinski definition) is 0. The number of rotatable bonds is 5. The van der Waals surface area contributed by atoms with E-state index in [0.717, 1.165) is 22.8 Å². The third kappa shape index (κ3) is 4.02. The van der Waals surface area contributed by atoms with Gasteiger partial charge in [0.25, 0.3) is 0 Å². The van der Waals surface area contributed by atoms with Crippen molar-refractivity contribution in [3.63, 3.8) is 0 Å². The molecule has 0 N–H and O–H groups in total. The number of nitrogens with zero attached hydrogens (tertiary/aromatic N) is 2. The summed E-state index contributed by atoms with van der Waals surface area (Å²) in [7, 11) is 0. The van der Waals surface area contributed by atoms with Gasteiger partial charge in [0.1, 0.15) is 0 Å². The number of carbonyl (C=O) groups excluding carboxylic acids is 1. The second-order valence-corrected chi connectivity index (χ2v) is 6.70. The maximum absolute atomic E-state index is 12.0. The maximum atomic E-state index is 12.0. The predicted octanol–water partition coefficient (Wildman–Crippen LogP) is 5.06. The first-order valence-corrected chi connectivity index (χ1v) is 8.93. The fourth-order valence-electron chi connectivity index (χ4n) is 2.41. The van der Waals surface area contributed by atoms with Crippen molar-refractivity contribution in [2.45, 2.75) is 13.3 Å². The van der Waals surface area contributed by atoms with E-state index in [1.807, 2.05) is 47.8 Å². The summed E-state index contributed by atoms with van der Waals surface area (Å²) in [6.07, 6.45) is 0.802. The van der Waals surface area contributed by atoms with Crippen LogP contribution < -0.4 is 4.90 Å². The van der Waals surface area contributed by atoms with Gasteiger partial charge >= 0.3 is 0 Å². The molecule has 0 saturated carbocycles. The van der Waals surface area contributed by atoms with Crippen LogP contribution in [-0.2, 0) is 11.2 Å². The molecule has 0 aliphatic carbocycles. The van der Waals surface area contributed by atoms with E-state index in [1.165, 1.54) is 16.9 Å². The van der Waals surface area contributed by atoms with Gasteiger partial charge in [-0.05, 0) is 24.1 Å². The third-order valence-corrected chi connectivity index (χ3v) is 4.83. The van der Waals surface area contributed by atoms with Gasteiger partial charge in [-0.25, -0.2) is 4.98 Å². The summed E-state index contributed by atoms with van der Waals surface area (Å²) in [5.74, 6) is 0.00272. The van der Waals surface area contributed by atoms with Crippen LogP contribution in [0.1, 0.15) is 12.5 Å². The average Bonchev–Trinajstić information content (AvgIpc) is 3.06. The lowest BCUT2D eigenvalue weighted by Crippen LogP contribution is -2.30. The van der Waals surface area contributed by atoms with Gasteiger partial charge < -0.3 is 0 Å². The molecule has 0 radical (unpaired) electrons. The van der Waals surface area contributed by atoms with Gasteiger partial charge in [0.15, 0.2) is 5.13 Å². The van der Waals surface area contributed by atoms with Crippen LogP contribution in [0.25, 0.3) is 11.3 Å². The number of benzene rings is 2. The first kappa shape index (κ1) is 16.7. The molecule has 3 rings (SSSR count). The van der Waals surface area contributed by atoms with E-state index >= 15 is 0 Å². The van der Waals surface area contributed by atoms with Gasteiger partial charge in [-0.1, -0.05) is 54.1 Å². The van der Waals surface area contributed by atoms with E-state index in [-0.39, 0.29) is 5.91 Å². The molecule has 24 heavy (non-hydrogen) atoms. The minimum Gasteiger partial charge on any atom is -0.288 e. The van der Waals surface area contributed by atoms with Crippen LogP contribution in [0.2, 0.25) is 5.02 Å². The lowest BCUT2D eigenvalue weighted by molar-refractivity contribution is -0.116. The van der Waals surface area contributed by atoms with Crippen LogP contribution in [-0.4, -0.2) is 17.4 Å². The minimum absolute atomic E-state index is 0.00272. The zero-order valence-corrected chi connectivity index (χ0v) is 14.8. The molecule has 5 heteroatoms. The first-order chi connectivity index (χ1) is 11.6. The molecular weight excluding hydrogens is 340 g/mol. The number of thiazole rings is 1. The van der Waals surface area contributed by atoms with Crippen molar-refractivity contribution in [1.29, 1.82) is 0 Å². The molecule has 0 unspecified atom stereocenters. The Balaban J connectivity index is 1.77. The van der Waals surface area contributed by atoms with Gasteiger partial charge in [0.2, 0.25) is 5.91 Å². The largest absolute Gasteiger partial charge is 0.288 e. The van der Waals surface area contributed by atoms with Gasteiger partial charge in [0.05, 0.1) is 5.69 Å². The number of hydrogen-bond acceptors (Lipinski definition) is 3. The Labute approximate surface area is 150 Å². The zero-order valence-electron chi connectivity index (χ0n) is 13.3. The van der Waals surface area contributed by atoms with Crippen LogP contribution >= 0.6 is 22.9 Å². The molecule has 1 amide bonds. The average molecular weight is 357 g/mol. The number of anilines is 1. The minimum atomic E-state index is 0.00272. The summed E-state index contributed by atoms with van der Waals surface area (Å²) in [5, 5.41) is 3.39. The highest BCUT2D eigenvalue weighted by molar-refractivity contribution is 7.14. The lowest BCUT2D eigenvalue weighted by atomic mass is 10.1. The molecule has 3 nitrogen and oxygen atoms in total. The fraction of sp³-hybridized carbons (Fsp3) is 0.158. The molecule has 0 aliphatic rings. The summed E-state index contributed by atoms with van der Waals surface area (Å²) < 4.78 is 0. The van der Waals surface area contributed by atoms with Crippen molar-refractivity contribution >= 4 is 34.0 Å². The topological polar surface area (TPSA) is 33.2 Å². The summed E-state index contributed by atoms with van der Waals surface area (Å²) >= 11 is 7.41.